The van der Waals surface area contributed by atoms with Gasteiger partial charge in [0, 0.05) is 5.57 Å². The number of hydrogen-bond acceptors (Lipinski definition) is 4. The summed E-state index contributed by atoms with van der Waals surface area (Å²) in [7, 11) is 0. The molecule has 3 aromatic carbocycles. The first kappa shape index (κ1) is 18.9. The van der Waals surface area contributed by atoms with Gasteiger partial charge < -0.3 is 10.2 Å². The third-order valence-corrected chi connectivity index (χ3v) is 6.27. The van der Waals surface area contributed by atoms with Gasteiger partial charge in [-0.15, -0.1) is 0 Å². The lowest BCUT2D eigenvalue weighted by Crippen LogP contribution is -2.55. The molecule has 2 amide bonds. The number of rotatable bonds is 3. The predicted molar refractivity (Wildman–Crippen MR) is 115 cm³/mol. The van der Waals surface area contributed by atoms with Crippen LogP contribution in [0.4, 0.5) is 0 Å². The second-order valence-corrected chi connectivity index (χ2v) is 7.74. The molecule has 5 nitrogen and oxygen atoms in total. The van der Waals surface area contributed by atoms with Gasteiger partial charge in [-0.1, -0.05) is 72.8 Å². The Bertz CT molecular complexity index is 1200. The number of carbonyl (C=O) groups is 2. The van der Waals surface area contributed by atoms with Crippen LogP contribution in [0.25, 0.3) is 0 Å². The van der Waals surface area contributed by atoms with Crippen LogP contribution in [0.5, 0.6) is 11.5 Å². The quantitative estimate of drug-likeness (QED) is 0.578. The monoisotopic (exact) mass is 409 g/mol. The van der Waals surface area contributed by atoms with Crippen molar-refractivity contribution >= 4 is 11.8 Å². The largest absolute Gasteiger partial charge is 0.508 e. The van der Waals surface area contributed by atoms with Gasteiger partial charge in [-0.05, 0) is 41.0 Å². The fourth-order valence-corrected chi connectivity index (χ4v) is 5.01. The Balaban J connectivity index is 1.95. The fourth-order valence-electron chi connectivity index (χ4n) is 5.01. The van der Waals surface area contributed by atoms with Gasteiger partial charge in [0.05, 0.1) is 5.41 Å². The SMILES string of the molecule is O=C1NC(=O)C2(c3ccccc3)C1=CC=CC2(c1ccc(O)cc1)c1ccc(O)cc1. The number of hydrogen-bond donors (Lipinski definition) is 3. The van der Waals surface area contributed by atoms with E-state index in [1.807, 2.05) is 36.4 Å². The van der Waals surface area contributed by atoms with Crippen molar-refractivity contribution in [1.29, 1.82) is 0 Å². The smallest absolute Gasteiger partial charge is 0.255 e. The molecule has 1 unspecified atom stereocenters. The van der Waals surface area contributed by atoms with E-state index in [4.69, 9.17) is 0 Å². The second-order valence-electron chi connectivity index (χ2n) is 7.74. The number of benzene rings is 3. The number of imide groups is 1. The lowest BCUT2D eigenvalue weighted by molar-refractivity contribution is -0.127. The Kier molecular flexibility index (Phi) is 4.08. The molecule has 1 aliphatic heterocycles. The number of fused-ring (bicyclic) bond motifs is 1. The Morgan fingerprint density at radius 1 is 0.677 bits per heavy atom. The van der Waals surface area contributed by atoms with E-state index < -0.39 is 22.6 Å². The van der Waals surface area contributed by atoms with Gasteiger partial charge in [0.1, 0.15) is 16.9 Å². The Morgan fingerprint density at radius 3 is 1.77 bits per heavy atom. The van der Waals surface area contributed by atoms with E-state index in [-0.39, 0.29) is 11.5 Å². The molecule has 0 aromatic heterocycles. The summed E-state index contributed by atoms with van der Waals surface area (Å²) in [6.45, 7) is 0. The number of amides is 2. The van der Waals surface area contributed by atoms with Crippen LogP contribution in [0.2, 0.25) is 0 Å². The minimum atomic E-state index is -1.37. The van der Waals surface area contributed by atoms with Crippen molar-refractivity contribution in [3.05, 3.63) is 119 Å². The summed E-state index contributed by atoms with van der Waals surface area (Å²) in [5.74, 6) is -0.651. The summed E-state index contributed by atoms with van der Waals surface area (Å²) in [6.07, 6.45) is 5.39. The molecule has 152 valence electrons. The molecule has 1 heterocycles. The molecule has 5 rings (SSSR count). The zero-order valence-corrected chi connectivity index (χ0v) is 16.4. The van der Waals surface area contributed by atoms with Crippen molar-refractivity contribution in [2.45, 2.75) is 10.8 Å². The Labute approximate surface area is 179 Å². The maximum Gasteiger partial charge on any atom is 0.255 e. The van der Waals surface area contributed by atoms with Crippen molar-refractivity contribution in [1.82, 2.24) is 5.32 Å². The maximum absolute atomic E-state index is 13.7. The zero-order valence-electron chi connectivity index (χ0n) is 16.4. The van der Waals surface area contributed by atoms with E-state index in [0.29, 0.717) is 11.1 Å². The maximum atomic E-state index is 13.7. The normalized spacial score (nSPS) is 21.4. The number of carbonyl (C=O) groups excluding carboxylic acids is 2. The first-order valence-electron chi connectivity index (χ1n) is 9.90. The summed E-state index contributed by atoms with van der Waals surface area (Å²) in [6, 6.07) is 22.5. The molecule has 1 aliphatic carbocycles. The van der Waals surface area contributed by atoms with Crippen LogP contribution < -0.4 is 5.32 Å². The van der Waals surface area contributed by atoms with E-state index in [9.17, 15) is 19.8 Å². The molecule has 0 saturated carbocycles. The highest BCUT2D eigenvalue weighted by molar-refractivity contribution is 6.22. The van der Waals surface area contributed by atoms with Crippen molar-refractivity contribution in [2.24, 2.45) is 0 Å². The van der Waals surface area contributed by atoms with Crippen molar-refractivity contribution in [3.8, 4) is 11.5 Å². The molecule has 1 atom stereocenters. The van der Waals surface area contributed by atoms with Gasteiger partial charge in [-0.2, -0.15) is 0 Å². The topological polar surface area (TPSA) is 86.6 Å². The van der Waals surface area contributed by atoms with Crippen molar-refractivity contribution in [3.63, 3.8) is 0 Å². The highest BCUT2D eigenvalue weighted by Gasteiger charge is 2.65. The number of aromatic hydroxyl groups is 2. The minimum absolute atomic E-state index is 0.0980. The molecule has 0 bridgehead atoms. The highest BCUT2D eigenvalue weighted by atomic mass is 16.3. The molecule has 5 heteroatoms. The summed E-state index contributed by atoms with van der Waals surface area (Å²) in [5, 5.41) is 22.4. The second kappa shape index (κ2) is 6.71. The summed E-state index contributed by atoms with van der Waals surface area (Å²) in [5.41, 5.74) is 0.0185. The van der Waals surface area contributed by atoms with Crippen LogP contribution in [0.15, 0.2) is 103 Å². The minimum Gasteiger partial charge on any atom is -0.508 e. The lowest BCUT2D eigenvalue weighted by atomic mass is 9.50. The van der Waals surface area contributed by atoms with Gasteiger partial charge in [0.2, 0.25) is 5.91 Å². The third kappa shape index (κ3) is 2.43. The molecule has 0 radical (unpaired) electrons. The first-order chi connectivity index (χ1) is 15.0. The van der Waals surface area contributed by atoms with Gasteiger partial charge >= 0.3 is 0 Å². The van der Waals surface area contributed by atoms with E-state index in [1.54, 1.807) is 60.7 Å². The van der Waals surface area contributed by atoms with E-state index in [2.05, 4.69) is 5.32 Å². The van der Waals surface area contributed by atoms with E-state index >= 15 is 0 Å². The molecular formula is C26H19NO4. The number of phenols is 2. The van der Waals surface area contributed by atoms with E-state index in [1.165, 1.54) is 0 Å². The molecule has 3 N–H and O–H groups in total. The van der Waals surface area contributed by atoms with E-state index in [0.717, 1.165) is 11.1 Å². The Hall–Kier alpha value is -4.12. The Morgan fingerprint density at radius 2 is 1.23 bits per heavy atom. The van der Waals surface area contributed by atoms with Crippen LogP contribution in [0.3, 0.4) is 0 Å². The highest BCUT2D eigenvalue weighted by Crippen LogP contribution is 2.58. The summed E-state index contributed by atoms with van der Waals surface area (Å²) < 4.78 is 0. The number of nitrogens with one attached hydrogen (secondary N) is 1. The zero-order chi connectivity index (χ0) is 21.6. The van der Waals surface area contributed by atoms with Crippen LogP contribution in [-0.2, 0) is 20.4 Å². The van der Waals surface area contributed by atoms with Gasteiger partial charge in [0.25, 0.3) is 5.91 Å². The lowest BCUT2D eigenvalue weighted by Gasteiger charge is -2.48. The molecule has 1 fully saturated rings. The van der Waals surface area contributed by atoms with Crippen molar-refractivity contribution in [2.75, 3.05) is 0 Å². The van der Waals surface area contributed by atoms with Crippen LogP contribution in [-0.4, -0.2) is 22.0 Å². The molecule has 0 spiro atoms. The van der Waals surface area contributed by atoms with Gasteiger partial charge in [-0.25, -0.2) is 0 Å². The molecule has 31 heavy (non-hydrogen) atoms. The molecule has 3 aromatic rings. The molecule has 2 aliphatic rings. The number of allylic oxidation sites excluding steroid dienone is 3. The number of phenolic OH excluding ortho intramolecular Hbond substituents is 2. The average molecular weight is 409 g/mol. The summed E-state index contributed by atoms with van der Waals surface area (Å²) >= 11 is 0. The van der Waals surface area contributed by atoms with Crippen LogP contribution >= 0.6 is 0 Å². The third-order valence-electron chi connectivity index (χ3n) is 6.27. The standard InChI is InChI=1S/C26H19NO4/c28-20-12-8-17(9-13-20)25(18-10-14-21(29)15-11-18)16-4-7-22-23(30)27-24(31)26(22,25)19-5-2-1-3-6-19/h1-16,28-29H,(H,27,30,31). The van der Waals surface area contributed by atoms with Gasteiger partial charge in [0.15, 0.2) is 0 Å². The van der Waals surface area contributed by atoms with Crippen molar-refractivity contribution < 1.29 is 19.8 Å². The predicted octanol–water partition coefficient (Wildman–Crippen LogP) is 3.47. The molecular weight excluding hydrogens is 390 g/mol. The molecule has 1 saturated heterocycles. The average Bonchev–Trinajstić information content (AvgIpc) is 3.06. The van der Waals surface area contributed by atoms with Gasteiger partial charge in [-0.3, -0.25) is 14.9 Å². The summed E-state index contributed by atoms with van der Waals surface area (Å²) in [4.78, 5) is 26.7. The van der Waals surface area contributed by atoms with Crippen LogP contribution in [0.1, 0.15) is 16.7 Å². The fraction of sp³-hybridized carbons (Fsp3) is 0.0769. The first-order valence-corrected chi connectivity index (χ1v) is 9.90. The van der Waals surface area contributed by atoms with Crippen LogP contribution in [0, 0.1) is 0 Å².